The molecule has 2 aromatic rings. The molecule has 1 saturated heterocycles. The van der Waals surface area contributed by atoms with Gasteiger partial charge in [-0.3, -0.25) is 14.4 Å². The van der Waals surface area contributed by atoms with Gasteiger partial charge in [-0.1, -0.05) is 33.6 Å². The molecule has 0 aliphatic carbocycles. The lowest BCUT2D eigenvalue weighted by molar-refractivity contribution is -0.139. The molecular formula is C22H22BrClN4O5. The Morgan fingerprint density at radius 1 is 1.21 bits per heavy atom. The lowest BCUT2D eigenvalue weighted by atomic mass is 10.2. The van der Waals surface area contributed by atoms with Crippen LogP contribution in [0.2, 0.25) is 5.02 Å². The van der Waals surface area contributed by atoms with Crippen molar-refractivity contribution in [3.05, 3.63) is 57.5 Å². The normalized spacial score (nSPS) is 15.3. The highest BCUT2D eigenvalue weighted by atomic mass is 79.9. The van der Waals surface area contributed by atoms with Gasteiger partial charge in [0, 0.05) is 33.9 Å². The number of benzene rings is 2. The molecule has 1 atom stereocenters. The van der Waals surface area contributed by atoms with Crippen LogP contribution < -0.4 is 20.8 Å². The Bertz CT molecular complexity index is 1040. The van der Waals surface area contributed by atoms with Crippen LogP contribution in [0.15, 0.2) is 52.0 Å². The van der Waals surface area contributed by atoms with Crippen LogP contribution in [-0.4, -0.2) is 49.8 Å². The summed E-state index contributed by atoms with van der Waals surface area (Å²) in [5.74, 6) is -1.71. The molecule has 3 amide bonds. The second-order valence-corrected chi connectivity index (χ2v) is 8.43. The minimum Gasteiger partial charge on any atom is -0.483 e. The number of carbonyl (C=O) groups is 3. The Morgan fingerprint density at radius 3 is 2.82 bits per heavy atom. The predicted molar refractivity (Wildman–Crippen MR) is 127 cm³/mol. The number of amides is 3. The second kappa shape index (κ2) is 12.3. The van der Waals surface area contributed by atoms with Crippen LogP contribution >= 0.6 is 27.5 Å². The van der Waals surface area contributed by atoms with Gasteiger partial charge in [0.1, 0.15) is 5.75 Å². The van der Waals surface area contributed by atoms with E-state index in [1.807, 2.05) is 0 Å². The number of hydrogen-bond donors (Lipinski definition) is 3. The van der Waals surface area contributed by atoms with Crippen molar-refractivity contribution in [2.24, 2.45) is 5.10 Å². The van der Waals surface area contributed by atoms with Crippen molar-refractivity contribution < 1.29 is 23.9 Å². The molecule has 2 aromatic carbocycles. The largest absolute Gasteiger partial charge is 0.483 e. The van der Waals surface area contributed by atoms with Gasteiger partial charge in [0.15, 0.2) is 6.61 Å². The number of rotatable bonds is 8. The third kappa shape index (κ3) is 8.16. The molecule has 33 heavy (non-hydrogen) atoms. The third-order valence-corrected chi connectivity index (χ3v) is 5.26. The second-order valence-electron chi connectivity index (χ2n) is 7.07. The number of anilines is 1. The van der Waals surface area contributed by atoms with E-state index in [9.17, 15) is 14.4 Å². The van der Waals surface area contributed by atoms with Gasteiger partial charge in [-0.2, -0.15) is 5.10 Å². The maximum Gasteiger partial charge on any atom is 0.329 e. The highest BCUT2D eigenvalue weighted by molar-refractivity contribution is 9.10. The van der Waals surface area contributed by atoms with Crippen LogP contribution in [0.25, 0.3) is 0 Å². The van der Waals surface area contributed by atoms with Crippen LogP contribution in [0.3, 0.4) is 0 Å². The summed E-state index contributed by atoms with van der Waals surface area (Å²) in [6.07, 6.45) is 3.04. The van der Waals surface area contributed by atoms with Crippen molar-refractivity contribution in [2.45, 2.75) is 18.9 Å². The highest BCUT2D eigenvalue weighted by Gasteiger charge is 2.19. The summed E-state index contributed by atoms with van der Waals surface area (Å²) >= 11 is 9.26. The number of ether oxygens (including phenoxy) is 2. The van der Waals surface area contributed by atoms with Crippen molar-refractivity contribution in [1.29, 1.82) is 0 Å². The number of carbonyl (C=O) groups excluding carboxylic acids is 3. The average Bonchev–Trinajstić information content (AvgIpc) is 3.30. The smallest absolute Gasteiger partial charge is 0.329 e. The van der Waals surface area contributed by atoms with E-state index in [0.717, 1.165) is 17.3 Å². The molecule has 174 valence electrons. The van der Waals surface area contributed by atoms with Crippen molar-refractivity contribution in [1.82, 2.24) is 10.7 Å². The molecule has 3 N–H and O–H groups in total. The van der Waals surface area contributed by atoms with Crippen molar-refractivity contribution in [3.8, 4) is 5.75 Å². The van der Waals surface area contributed by atoms with Gasteiger partial charge >= 0.3 is 11.8 Å². The Morgan fingerprint density at radius 2 is 2.06 bits per heavy atom. The Labute approximate surface area is 204 Å². The van der Waals surface area contributed by atoms with E-state index in [2.05, 4.69) is 37.1 Å². The fourth-order valence-electron chi connectivity index (χ4n) is 2.96. The first-order valence-electron chi connectivity index (χ1n) is 10.1. The first kappa shape index (κ1) is 24.7. The standard InChI is InChI=1S/C22H22BrClN4O5/c23-15-6-7-19(33-13-20(29)27-17-4-1-3-16(24)10-17)14(9-15)11-26-28-22(31)21(30)25-12-18-5-2-8-32-18/h1,3-4,6-7,9-11,18H,2,5,8,12-13H2,(H,25,30)(H,27,29)(H,28,31)/b26-11-/t18-/m0/s1. The van der Waals surface area contributed by atoms with Crippen LogP contribution in [0.1, 0.15) is 18.4 Å². The Hall–Kier alpha value is -2.95. The topological polar surface area (TPSA) is 118 Å². The monoisotopic (exact) mass is 536 g/mol. The molecule has 0 unspecified atom stereocenters. The molecule has 0 aromatic heterocycles. The molecule has 1 aliphatic heterocycles. The van der Waals surface area contributed by atoms with Crippen LogP contribution in [0, 0.1) is 0 Å². The number of nitrogens with zero attached hydrogens (tertiary/aromatic N) is 1. The zero-order chi connectivity index (χ0) is 23.6. The number of hydrogen-bond acceptors (Lipinski definition) is 6. The lowest BCUT2D eigenvalue weighted by Crippen LogP contribution is -2.41. The summed E-state index contributed by atoms with van der Waals surface area (Å²) in [6, 6.07) is 11.8. The van der Waals surface area contributed by atoms with Gasteiger partial charge in [0.05, 0.1) is 12.3 Å². The molecule has 11 heteroatoms. The van der Waals surface area contributed by atoms with E-state index in [1.165, 1.54) is 6.21 Å². The number of halogens is 2. The van der Waals surface area contributed by atoms with Gasteiger partial charge in [-0.05, 0) is 49.2 Å². The fourth-order valence-corrected chi connectivity index (χ4v) is 3.53. The maximum atomic E-state index is 12.2. The summed E-state index contributed by atoms with van der Waals surface area (Å²) in [5, 5.41) is 9.52. The van der Waals surface area contributed by atoms with E-state index in [-0.39, 0.29) is 25.2 Å². The van der Waals surface area contributed by atoms with Crippen molar-refractivity contribution in [2.75, 3.05) is 25.1 Å². The van der Waals surface area contributed by atoms with Crippen LogP contribution in [0.5, 0.6) is 5.75 Å². The quantitative estimate of drug-likeness (QED) is 0.272. The first-order chi connectivity index (χ1) is 15.9. The number of nitrogens with one attached hydrogen (secondary N) is 3. The number of hydrazone groups is 1. The molecule has 0 bridgehead atoms. The molecule has 9 nitrogen and oxygen atoms in total. The van der Waals surface area contributed by atoms with E-state index in [0.29, 0.717) is 28.6 Å². The molecule has 0 spiro atoms. The van der Waals surface area contributed by atoms with E-state index in [4.69, 9.17) is 21.1 Å². The minimum absolute atomic E-state index is 0.0669. The van der Waals surface area contributed by atoms with Crippen LogP contribution in [0.4, 0.5) is 5.69 Å². The molecule has 3 rings (SSSR count). The van der Waals surface area contributed by atoms with Gasteiger partial charge in [0.2, 0.25) is 0 Å². The predicted octanol–water partition coefficient (Wildman–Crippen LogP) is 2.87. The summed E-state index contributed by atoms with van der Waals surface area (Å²) in [5.41, 5.74) is 3.21. The third-order valence-electron chi connectivity index (χ3n) is 4.53. The van der Waals surface area contributed by atoms with Gasteiger partial charge in [0.25, 0.3) is 5.91 Å². The molecule has 0 saturated carbocycles. The van der Waals surface area contributed by atoms with Crippen molar-refractivity contribution in [3.63, 3.8) is 0 Å². The summed E-state index contributed by atoms with van der Waals surface area (Å²) in [6.45, 7) is 0.681. The SMILES string of the molecule is O=C(COc1ccc(Br)cc1/C=N\NC(=O)C(=O)NC[C@@H]1CCCO1)Nc1cccc(Cl)c1. The van der Waals surface area contributed by atoms with Crippen LogP contribution in [-0.2, 0) is 19.1 Å². The Balaban J connectivity index is 1.51. The summed E-state index contributed by atoms with van der Waals surface area (Å²) in [7, 11) is 0. The molecule has 1 fully saturated rings. The van der Waals surface area contributed by atoms with Gasteiger partial charge < -0.3 is 20.1 Å². The first-order valence-corrected chi connectivity index (χ1v) is 11.3. The highest BCUT2D eigenvalue weighted by Crippen LogP contribution is 2.22. The fraction of sp³-hybridized carbons (Fsp3) is 0.273. The lowest BCUT2D eigenvalue weighted by Gasteiger charge is -2.11. The van der Waals surface area contributed by atoms with Crippen molar-refractivity contribution >= 4 is 57.2 Å². The molecular weight excluding hydrogens is 516 g/mol. The van der Waals surface area contributed by atoms with E-state index >= 15 is 0 Å². The molecule has 1 aliphatic rings. The molecule has 0 radical (unpaired) electrons. The summed E-state index contributed by atoms with van der Waals surface area (Å²) in [4.78, 5) is 36.0. The Kier molecular flexibility index (Phi) is 9.23. The zero-order valence-corrected chi connectivity index (χ0v) is 19.8. The molecule has 1 heterocycles. The van der Waals surface area contributed by atoms with Gasteiger partial charge in [-0.15, -0.1) is 0 Å². The summed E-state index contributed by atoms with van der Waals surface area (Å²) < 4.78 is 11.7. The maximum absolute atomic E-state index is 12.2. The van der Waals surface area contributed by atoms with E-state index < -0.39 is 11.8 Å². The van der Waals surface area contributed by atoms with Gasteiger partial charge in [-0.25, -0.2) is 5.43 Å². The zero-order valence-electron chi connectivity index (χ0n) is 17.5. The minimum atomic E-state index is -0.900. The average molecular weight is 538 g/mol. The van der Waals surface area contributed by atoms with E-state index in [1.54, 1.807) is 42.5 Å².